The summed E-state index contributed by atoms with van der Waals surface area (Å²) in [6.45, 7) is 0. The van der Waals surface area contributed by atoms with Crippen molar-refractivity contribution >= 4 is 60.4 Å². The second-order valence-electron chi connectivity index (χ2n) is 20.2. The molecule has 72 heavy (non-hydrogen) atoms. The van der Waals surface area contributed by atoms with Crippen LogP contribution in [0.4, 0.5) is 17.1 Å². The van der Waals surface area contributed by atoms with E-state index in [1.54, 1.807) is 0 Å². The molecular formula is C70H42N2. The predicted molar refractivity (Wildman–Crippen MR) is 298 cm³/mol. The fourth-order valence-electron chi connectivity index (χ4n) is 14.5. The molecule has 4 aliphatic rings. The second-order valence-corrected chi connectivity index (χ2v) is 20.2. The summed E-state index contributed by atoms with van der Waals surface area (Å²) in [6.07, 6.45) is 0. The van der Waals surface area contributed by atoms with Gasteiger partial charge in [-0.15, -0.1) is 0 Å². The molecule has 0 saturated carbocycles. The monoisotopic (exact) mass is 910 g/mol. The maximum atomic E-state index is 2.55. The van der Waals surface area contributed by atoms with Crippen molar-refractivity contribution in [2.24, 2.45) is 0 Å². The SMILES string of the molecule is c1ccc2c(c1)-c1ccccc1C21c2cc(N(c3ccc4c(c3)C3(c5ccccc5-4)c4ccccc4-n4c5ccccc5c5cccc3c54)c3ccc4ccccc4c3)ccc2-c2c1ccc1ccccc21. The summed E-state index contributed by atoms with van der Waals surface area (Å²) < 4.78 is 2.54. The zero-order chi connectivity index (χ0) is 46.9. The van der Waals surface area contributed by atoms with Crippen molar-refractivity contribution in [2.75, 3.05) is 4.90 Å². The average molecular weight is 911 g/mol. The van der Waals surface area contributed by atoms with Gasteiger partial charge in [-0.25, -0.2) is 0 Å². The molecule has 2 heteroatoms. The Morgan fingerprint density at radius 1 is 0.278 bits per heavy atom. The van der Waals surface area contributed by atoms with Gasteiger partial charge in [0.1, 0.15) is 0 Å². The molecule has 0 bridgehead atoms. The molecule has 17 rings (SSSR count). The lowest BCUT2D eigenvalue weighted by Crippen LogP contribution is -2.33. The van der Waals surface area contributed by atoms with Crippen LogP contribution in [0.5, 0.6) is 0 Å². The summed E-state index contributed by atoms with van der Waals surface area (Å²) in [4.78, 5) is 2.54. The Balaban J connectivity index is 0.970. The predicted octanol–water partition coefficient (Wildman–Crippen LogP) is 17.6. The molecule has 3 aliphatic carbocycles. The summed E-state index contributed by atoms with van der Waals surface area (Å²) >= 11 is 0. The molecule has 1 aromatic heterocycles. The van der Waals surface area contributed by atoms with E-state index >= 15 is 0 Å². The number of para-hydroxylation sites is 3. The van der Waals surface area contributed by atoms with E-state index < -0.39 is 10.8 Å². The minimum atomic E-state index is -0.584. The van der Waals surface area contributed by atoms with Crippen molar-refractivity contribution in [3.05, 3.63) is 299 Å². The highest BCUT2D eigenvalue weighted by atomic mass is 15.1. The topological polar surface area (TPSA) is 8.17 Å². The van der Waals surface area contributed by atoms with E-state index in [-0.39, 0.29) is 0 Å². The van der Waals surface area contributed by atoms with E-state index in [0.717, 1.165) is 17.1 Å². The van der Waals surface area contributed by atoms with E-state index in [9.17, 15) is 0 Å². The lowest BCUT2D eigenvalue weighted by atomic mass is 9.65. The van der Waals surface area contributed by atoms with Gasteiger partial charge in [0.05, 0.1) is 27.6 Å². The molecule has 2 nitrogen and oxygen atoms in total. The largest absolute Gasteiger partial charge is 0.310 e. The first kappa shape index (κ1) is 38.6. The molecule has 13 aromatic rings. The Kier molecular flexibility index (Phi) is 7.37. The van der Waals surface area contributed by atoms with E-state index in [2.05, 4.69) is 264 Å². The van der Waals surface area contributed by atoms with Crippen LogP contribution in [-0.4, -0.2) is 4.57 Å². The molecule has 0 radical (unpaired) electrons. The molecule has 0 saturated heterocycles. The van der Waals surface area contributed by atoms with Crippen molar-refractivity contribution < 1.29 is 0 Å². The van der Waals surface area contributed by atoms with Gasteiger partial charge in [-0.05, 0) is 148 Å². The van der Waals surface area contributed by atoms with Crippen molar-refractivity contribution in [1.29, 1.82) is 0 Å². The highest BCUT2D eigenvalue weighted by Crippen LogP contribution is 2.65. The maximum absolute atomic E-state index is 2.55. The van der Waals surface area contributed by atoms with Crippen LogP contribution in [0.1, 0.15) is 44.5 Å². The first-order chi connectivity index (χ1) is 35.7. The average Bonchev–Trinajstić information content (AvgIpc) is 4.14. The van der Waals surface area contributed by atoms with Crippen molar-refractivity contribution in [3.63, 3.8) is 0 Å². The van der Waals surface area contributed by atoms with Crippen molar-refractivity contribution in [3.8, 4) is 39.1 Å². The van der Waals surface area contributed by atoms with E-state index in [1.165, 1.54) is 127 Å². The van der Waals surface area contributed by atoms with E-state index in [1.807, 2.05) is 0 Å². The third-order valence-corrected chi connectivity index (χ3v) is 17.1. The van der Waals surface area contributed by atoms with Gasteiger partial charge in [-0.1, -0.05) is 206 Å². The molecule has 0 N–H and O–H groups in total. The molecular weight excluding hydrogens is 869 g/mol. The van der Waals surface area contributed by atoms with Crippen LogP contribution in [0.15, 0.2) is 255 Å². The van der Waals surface area contributed by atoms with Gasteiger partial charge in [-0.3, -0.25) is 0 Å². The molecule has 1 unspecified atom stereocenters. The highest BCUT2D eigenvalue weighted by molar-refractivity contribution is 6.13. The Morgan fingerprint density at radius 3 is 1.50 bits per heavy atom. The number of anilines is 3. The highest BCUT2D eigenvalue weighted by Gasteiger charge is 2.53. The lowest BCUT2D eigenvalue weighted by Gasteiger charge is -2.40. The van der Waals surface area contributed by atoms with Gasteiger partial charge in [0.15, 0.2) is 0 Å². The van der Waals surface area contributed by atoms with E-state index in [4.69, 9.17) is 0 Å². The molecule has 1 atom stereocenters. The van der Waals surface area contributed by atoms with Gasteiger partial charge in [0.2, 0.25) is 0 Å². The lowest BCUT2D eigenvalue weighted by molar-refractivity contribution is 0.748. The van der Waals surface area contributed by atoms with Crippen LogP contribution < -0.4 is 4.90 Å². The summed E-state index contributed by atoms with van der Waals surface area (Å²) in [7, 11) is 0. The number of aromatic nitrogens is 1. The maximum Gasteiger partial charge on any atom is 0.0755 e. The van der Waals surface area contributed by atoms with Gasteiger partial charge in [0, 0.05) is 27.8 Å². The zero-order valence-electron chi connectivity index (χ0n) is 39.1. The fraction of sp³-hybridized carbons (Fsp3) is 0.0286. The van der Waals surface area contributed by atoms with Gasteiger partial charge < -0.3 is 9.47 Å². The Labute approximate surface area is 417 Å². The molecule has 1 aliphatic heterocycles. The molecule has 0 amide bonds. The first-order valence-corrected chi connectivity index (χ1v) is 25.3. The summed E-state index contributed by atoms with van der Waals surface area (Å²) in [5.74, 6) is 0. The van der Waals surface area contributed by atoms with Crippen molar-refractivity contribution in [1.82, 2.24) is 4.57 Å². The minimum Gasteiger partial charge on any atom is -0.310 e. The van der Waals surface area contributed by atoms with Crippen LogP contribution in [0.3, 0.4) is 0 Å². The summed E-state index contributed by atoms with van der Waals surface area (Å²) in [6, 6.07) is 96.8. The number of fused-ring (bicyclic) bond motifs is 25. The van der Waals surface area contributed by atoms with Gasteiger partial charge >= 0.3 is 0 Å². The first-order valence-electron chi connectivity index (χ1n) is 25.3. The number of nitrogens with zero attached hydrogens (tertiary/aromatic N) is 2. The molecule has 2 spiro atoms. The Hall–Kier alpha value is -9.24. The zero-order valence-corrected chi connectivity index (χ0v) is 39.1. The second kappa shape index (κ2) is 13.8. The minimum absolute atomic E-state index is 0.514. The molecule has 2 heterocycles. The van der Waals surface area contributed by atoms with Crippen LogP contribution in [0.2, 0.25) is 0 Å². The Morgan fingerprint density at radius 2 is 0.764 bits per heavy atom. The number of hydrogen-bond acceptors (Lipinski definition) is 1. The van der Waals surface area contributed by atoms with E-state index in [0.29, 0.717) is 0 Å². The molecule has 0 fully saturated rings. The smallest absolute Gasteiger partial charge is 0.0755 e. The van der Waals surface area contributed by atoms with Crippen LogP contribution in [-0.2, 0) is 10.8 Å². The van der Waals surface area contributed by atoms with Crippen LogP contribution in [0, 0.1) is 0 Å². The van der Waals surface area contributed by atoms with Crippen molar-refractivity contribution in [2.45, 2.75) is 10.8 Å². The van der Waals surface area contributed by atoms with Gasteiger partial charge in [-0.2, -0.15) is 0 Å². The summed E-state index contributed by atoms with van der Waals surface area (Å²) in [5, 5.41) is 7.55. The number of hydrogen-bond donors (Lipinski definition) is 0. The number of rotatable bonds is 3. The molecule has 12 aromatic carbocycles. The van der Waals surface area contributed by atoms with Crippen LogP contribution >= 0.6 is 0 Å². The fourth-order valence-corrected chi connectivity index (χ4v) is 14.5. The number of benzene rings is 12. The molecule has 332 valence electrons. The Bertz CT molecular complexity index is 4500. The third-order valence-electron chi connectivity index (χ3n) is 17.1. The standard InChI is InChI=1S/C70H42N2/c1-2-18-45-40-46(34-32-43(45)16-1)71(48-36-38-56-64(42-48)69(61-39-33-44-17-3-4-19-49(44)67(56)61)57-25-9-5-20-50(57)51-21-6-10-26-58(51)69)47-35-37-53-52-22-7-11-27-59(52)70(63(53)41-47)60-28-12-14-31-66(60)72-65-30-13-8-23-54(65)55-24-15-29-62(70)68(55)72/h1-42H. The summed E-state index contributed by atoms with van der Waals surface area (Å²) in [5.41, 5.74) is 24.4. The quantitative estimate of drug-likeness (QED) is 0.171. The van der Waals surface area contributed by atoms with Gasteiger partial charge in [0.25, 0.3) is 0 Å². The van der Waals surface area contributed by atoms with Crippen LogP contribution in [0.25, 0.3) is 82.4 Å². The third kappa shape index (κ3) is 4.58. The normalized spacial score (nSPS) is 15.7.